The van der Waals surface area contributed by atoms with Crippen molar-refractivity contribution in [2.24, 2.45) is 0 Å². The second-order valence-corrected chi connectivity index (χ2v) is 4.87. The Hall–Kier alpha value is -2.61. The summed E-state index contributed by atoms with van der Waals surface area (Å²) in [4.78, 5) is 11.1. The molecule has 0 unspecified atom stereocenters. The Kier molecular flexibility index (Phi) is 2.99. The van der Waals surface area contributed by atoms with Crippen LogP contribution in [0.15, 0.2) is 60.2 Å². The number of hydrogen-bond acceptors (Lipinski definition) is 1. The van der Waals surface area contributed by atoms with E-state index in [1.807, 2.05) is 36.4 Å². The summed E-state index contributed by atoms with van der Waals surface area (Å²) in [5.74, 6) is -0.887. The molecule has 0 amide bonds. The van der Waals surface area contributed by atoms with E-state index in [1.165, 1.54) is 0 Å². The fourth-order valence-electron chi connectivity index (χ4n) is 2.48. The molecule has 98 valence electrons. The first-order chi connectivity index (χ1) is 9.66. The molecule has 0 saturated carbocycles. The Morgan fingerprint density at radius 1 is 0.950 bits per heavy atom. The van der Waals surface area contributed by atoms with Gasteiger partial charge in [-0.25, -0.2) is 4.79 Å². The van der Waals surface area contributed by atoms with Gasteiger partial charge in [-0.1, -0.05) is 48.5 Å². The summed E-state index contributed by atoms with van der Waals surface area (Å²) in [6.45, 7) is 1.62. The molecule has 0 spiro atoms. The molecule has 0 aliphatic carbocycles. The molecule has 0 saturated heterocycles. The highest BCUT2D eigenvalue weighted by Crippen LogP contribution is 2.30. The van der Waals surface area contributed by atoms with E-state index in [1.54, 1.807) is 13.0 Å². The molecule has 0 atom stereocenters. The molecule has 20 heavy (non-hydrogen) atoms. The zero-order valence-corrected chi connectivity index (χ0v) is 11.1. The summed E-state index contributed by atoms with van der Waals surface area (Å²) in [5, 5.41) is 13.5. The van der Waals surface area contributed by atoms with Crippen molar-refractivity contribution in [1.29, 1.82) is 0 Å². The first-order valence-corrected chi connectivity index (χ1v) is 6.49. The first-order valence-electron chi connectivity index (χ1n) is 6.49. The van der Waals surface area contributed by atoms with Crippen LogP contribution in [0.25, 0.3) is 27.6 Å². The van der Waals surface area contributed by atoms with E-state index in [2.05, 4.69) is 18.2 Å². The Balaban J connectivity index is 2.45. The van der Waals surface area contributed by atoms with Crippen LogP contribution >= 0.6 is 0 Å². The Labute approximate surface area is 117 Å². The summed E-state index contributed by atoms with van der Waals surface area (Å²) in [6, 6.07) is 18.2. The van der Waals surface area contributed by atoms with Gasteiger partial charge in [0.2, 0.25) is 0 Å². The van der Waals surface area contributed by atoms with E-state index in [0.717, 1.165) is 27.1 Å². The minimum Gasteiger partial charge on any atom is -0.478 e. The van der Waals surface area contributed by atoms with Crippen LogP contribution < -0.4 is 0 Å². The monoisotopic (exact) mass is 262 g/mol. The number of benzene rings is 3. The quantitative estimate of drug-likeness (QED) is 0.546. The SMILES string of the molecule is C/C(=C\c1c2ccccc2cc2ccccc12)C(=O)O. The highest BCUT2D eigenvalue weighted by atomic mass is 16.4. The number of carboxylic acid groups (broad SMARTS) is 1. The van der Waals surface area contributed by atoms with Gasteiger partial charge in [0.25, 0.3) is 0 Å². The van der Waals surface area contributed by atoms with Crippen molar-refractivity contribution in [2.45, 2.75) is 6.92 Å². The fourth-order valence-corrected chi connectivity index (χ4v) is 2.48. The largest absolute Gasteiger partial charge is 0.478 e. The van der Waals surface area contributed by atoms with Crippen molar-refractivity contribution < 1.29 is 9.90 Å². The maximum atomic E-state index is 11.1. The molecule has 0 aromatic heterocycles. The lowest BCUT2D eigenvalue weighted by Crippen LogP contribution is -1.96. The molecule has 0 bridgehead atoms. The van der Waals surface area contributed by atoms with Crippen molar-refractivity contribution in [3.05, 3.63) is 65.7 Å². The standard InChI is InChI=1S/C18H14O2/c1-12(18(19)20)10-17-15-8-4-2-6-13(15)11-14-7-3-5-9-16(14)17/h2-11H,1H3,(H,19,20)/b12-10+. The van der Waals surface area contributed by atoms with Gasteiger partial charge in [0.05, 0.1) is 0 Å². The maximum absolute atomic E-state index is 11.1. The minimum absolute atomic E-state index is 0.339. The third kappa shape index (κ3) is 2.05. The van der Waals surface area contributed by atoms with Crippen LogP contribution in [0.4, 0.5) is 0 Å². The number of fused-ring (bicyclic) bond motifs is 2. The Morgan fingerprint density at radius 3 is 1.95 bits per heavy atom. The number of carboxylic acids is 1. The molecule has 0 aliphatic rings. The summed E-state index contributed by atoms with van der Waals surface area (Å²) in [5.41, 5.74) is 1.31. The Morgan fingerprint density at radius 2 is 1.45 bits per heavy atom. The van der Waals surface area contributed by atoms with Gasteiger partial charge < -0.3 is 5.11 Å². The number of rotatable bonds is 2. The van der Waals surface area contributed by atoms with Gasteiger partial charge >= 0.3 is 5.97 Å². The predicted molar refractivity (Wildman–Crippen MR) is 82.7 cm³/mol. The molecular formula is C18H14O2. The smallest absolute Gasteiger partial charge is 0.331 e. The van der Waals surface area contributed by atoms with Crippen molar-refractivity contribution in [3.63, 3.8) is 0 Å². The molecule has 0 heterocycles. The van der Waals surface area contributed by atoms with Gasteiger partial charge in [0, 0.05) is 5.57 Å². The lowest BCUT2D eigenvalue weighted by molar-refractivity contribution is -0.132. The van der Waals surface area contributed by atoms with Crippen LogP contribution in [0.2, 0.25) is 0 Å². The van der Waals surface area contributed by atoms with Gasteiger partial charge in [0.15, 0.2) is 0 Å². The van der Waals surface area contributed by atoms with Gasteiger partial charge in [-0.05, 0) is 46.2 Å². The molecule has 3 aromatic carbocycles. The number of carbonyl (C=O) groups is 1. The lowest BCUT2D eigenvalue weighted by Gasteiger charge is -2.09. The summed E-state index contributed by atoms with van der Waals surface area (Å²) < 4.78 is 0. The van der Waals surface area contributed by atoms with Crippen LogP contribution in [0.3, 0.4) is 0 Å². The van der Waals surface area contributed by atoms with E-state index in [-0.39, 0.29) is 0 Å². The third-order valence-corrected chi connectivity index (χ3v) is 3.51. The summed E-state index contributed by atoms with van der Waals surface area (Å²) >= 11 is 0. The molecule has 0 fully saturated rings. The van der Waals surface area contributed by atoms with E-state index >= 15 is 0 Å². The topological polar surface area (TPSA) is 37.3 Å². The average Bonchev–Trinajstić information content (AvgIpc) is 2.46. The molecule has 2 nitrogen and oxygen atoms in total. The maximum Gasteiger partial charge on any atom is 0.331 e. The van der Waals surface area contributed by atoms with Gasteiger partial charge in [-0.15, -0.1) is 0 Å². The molecule has 0 aliphatic heterocycles. The van der Waals surface area contributed by atoms with Gasteiger partial charge in [-0.2, -0.15) is 0 Å². The number of aliphatic carboxylic acids is 1. The fraction of sp³-hybridized carbons (Fsp3) is 0.0556. The molecular weight excluding hydrogens is 248 g/mol. The average molecular weight is 262 g/mol. The second kappa shape index (κ2) is 4.82. The highest BCUT2D eigenvalue weighted by molar-refractivity contribution is 6.08. The van der Waals surface area contributed by atoms with Crippen LogP contribution in [0.5, 0.6) is 0 Å². The molecule has 3 rings (SSSR count). The van der Waals surface area contributed by atoms with Crippen LogP contribution in [-0.4, -0.2) is 11.1 Å². The molecule has 2 heteroatoms. The first kappa shape index (κ1) is 12.4. The Bertz CT molecular complexity index is 790. The van der Waals surface area contributed by atoms with E-state index in [0.29, 0.717) is 5.57 Å². The summed E-state index contributed by atoms with van der Waals surface area (Å²) in [7, 11) is 0. The van der Waals surface area contributed by atoms with E-state index < -0.39 is 5.97 Å². The van der Waals surface area contributed by atoms with E-state index in [9.17, 15) is 4.79 Å². The van der Waals surface area contributed by atoms with Crippen LogP contribution in [-0.2, 0) is 4.79 Å². The normalized spacial score (nSPS) is 11.9. The van der Waals surface area contributed by atoms with Crippen molar-refractivity contribution in [1.82, 2.24) is 0 Å². The highest BCUT2D eigenvalue weighted by Gasteiger charge is 2.07. The third-order valence-electron chi connectivity index (χ3n) is 3.51. The zero-order valence-electron chi connectivity index (χ0n) is 11.1. The zero-order chi connectivity index (χ0) is 14.1. The minimum atomic E-state index is -0.887. The van der Waals surface area contributed by atoms with Crippen LogP contribution in [0, 0.1) is 0 Å². The van der Waals surface area contributed by atoms with Crippen LogP contribution in [0.1, 0.15) is 12.5 Å². The van der Waals surface area contributed by atoms with Crippen molar-refractivity contribution >= 4 is 33.6 Å². The lowest BCUT2D eigenvalue weighted by atomic mass is 9.95. The van der Waals surface area contributed by atoms with Crippen molar-refractivity contribution in [3.8, 4) is 0 Å². The number of hydrogen-bond donors (Lipinski definition) is 1. The molecule has 1 N–H and O–H groups in total. The molecule has 3 aromatic rings. The summed E-state index contributed by atoms with van der Waals surface area (Å²) in [6.07, 6.45) is 1.76. The van der Waals surface area contributed by atoms with Crippen molar-refractivity contribution in [2.75, 3.05) is 0 Å². The second-order valence-electron chi connectivity index (χ2n) is 4.87. The predicted octanol–water partition coefficient (Wildman–Crippen LogP) is 4.48. The molecule has 0 radical (unpaired) electrons. The van der Waals surface area contributed by atoms with Gasteiger partial charge in [-0.3, -0.25) is 0 Å². The van der Waals surface area contributed by atoms with Gasteiger partial charge in [0.1, 0.15) is 0 Å². The van der Waals surface area contributed by atoms with E-state index in [4.69, 9.17) is 5.11 Å².